The van der Waals surface area contributed by atoms with E-state index in [9.17, 15) is 4.79 Å². The molecular formula is C7H5IrO-. The fourth-order valence-corrected chi connectivity index (χ4v) is 0.506. The van der Waals surface area contributed by atoms with Gasteiger partial charge in [-0.25, -0.2) is 0 Å². The minimum atomic E-state index is 0. The largest absolute Gasteiger partial charge is 0.376 e. The van der Waals surface area contributed by atoms with Gasteiger partial charge in [0.05, 0.1) is 6.29 Å². The Kier molecular flexibility index (Phi) is 4.20. The molecule has 0 amide bonds. The summed E-state index contributed by atoms with van der Waals surface area (Å²) in [6, 6.07) is 8.90. The molecule has 0 unspecified atom stereocenters. The van der Waals surface area contributed by atoms with Crippen molar-refractivity contribution in [3.63, 3.8) is 0 Å². The van der Waals surface area contributed by atoms with Gasteiger partial charge in [-0.3, -0.25) is 0 Å². The second kappa shape index (κ2) is 4.42. The summed E-state index contributed by atoms with van der Waals surface area (Å²) in [7, 11) is 0. The molecule has 1 rings (SSSR count). The van der Waals surface area contributed by atoms with Crippen molar-refractivity contribution in [1.29, 1.82) is 0 Å². The molecule has 0 heterocycles. The van der Waals surface area contributed by atoms with Gasteiger partial charge >= 0.3 is 0 Å². The van der Waals surface area contributed by atoms with E-state index in [4.69, 9.17) is 0 Å². The van der Waals surface area contributed by atoms with Crippen molar-refractivity contribution < 1.29 is 24.9 Å². The molecule has 0 saturated carbocycles. The van der Waals surface area contributed by atoms with Crippen LogP contribution in [0.15, 0.2) is 30.3 Å². The van der Waals surface area contributed by atoms with Crippen LogP contribution in [0.2, 0.25) is 0 Å². The number of hydrogen-bond acceptors (Lipinski definition) is 1. The predicted molar refractivity (Wildman–Crippen MR) is 31.2 cm³/mol. The molecule has 0 spiro atoms. The van der Waals surface area contributed by atoms with E-state index in [0.29, 0.717) is 5.56 Å². The third-order valence-corrected chi connectivity index (χ3v) is 0.892. The molecule has 2 heteroatoms. The minimum Gasteiger partial charge on any atom is -0.376 e. The molecule has 0 aliphatic heterocycles. The van der Waals surface area contributed by atoms with Gasteiger partial charge in [0, 0.05) is 20.1 Å². The Hall–Kier alpha value is -0.461. The monoisotopic (exact) mass is 298 g/mol. The second-order valence-electron chi connectivity index (χ2n) is 1.47. The Morgan fingerprint density at radius 1 is 1.11 bits per heavy atom. The van der Waals surface area contributed by atoms with Crippen molar-refractivity contribution in [2.75, 3.05) is 0 Å². The van der Waals surface area contributed by atoms with Gasteiger partial charge in [-0.15, -0.1) is 12.1 Å². The van der Waals surface area contributed by atoms with Gasteiger partial charge in [0.25, 0.3) is 0 Å². The standard InChI is InChI=1S/C7H5O.Ir/c8-6-7-4-2-1-3-5-7;/h1-5H;/q-1;. The zero-order valence-corrected chi connectivity index (χ0v) is 7.02. The van der Waals surface area contributed by atoms with Gasteiger partial charge in [-0.2, -0.15) is 17.7 Å². The molecule has 0 aliphatic rings. The molecule has 1 aromatic rings. The molecular weight excluding hydrogens is 292 g/mol. The number of hydrogen-bond donors (Lipinski definition) is 0. The summed E-state index contributed by atoms with van der Waals surface area (Å²) < 4.78 is 0. The van der Waals surface area contributed by atoms with Gasteiger partial charge in [0.1, 0.15) is 0 Å². The van der Waals surface area contributed by atoms with E-state index in [-0.39, 0.29) is 20.1 Å². The third-order valence-electron chi connectivity index (χ3n) is 0.892. The van der Waals surface area contributed by atoms with Gasteiger partial charge in [0.2, 0.25) is 0 Å². The minimum absolute atomic E-state index is 0. The van der Waals surface area contributed by atoms with E-state index < -0.39 is 0 Å². The van der Waals surface area contributed by atoms with Crippen molar-refractivity contribution in [3.8, 4) is 0 Å². The van der Waals surface area contributed by atoms with Crippen LogP contribution in [-0.4, -0.2) is 6.29 Å². The Morgan fingerprint density at radius 3 is 2.00 bits per heavy atom. The van der Waals surface area contributed by atoms with E-state index in [2.05, 4.69) is 0 Å². The Morgan fingerprint density at radius 2 is 1.67 bits per heavy atom. The zero-order valence-electron chi connectivity index (χ0n) is 4.63. The fourth-order valence-electron chi connectivity index (χ4n) is 0.506. The molecule has 1 aromatic carbocycles. The molecule has 0 atom stereocenters. The molecule has 9 heavy (non-hydrogen) atoms. The summed E-state index contributed by atoms with van der Waals surface area (Å²) in [5.41, 5.74) is 0.604. The van der Waals surface area contributed by atoms with Gasteiger partial charge in [-0.05, 0) is 0 Å². The number of benzene rings is 1. The van der Waals surface area contributed by atoms with E-state index in [1.807, 2.05) is 6.07 Å². The second-order valence-corrected chi connectivity index (χ2v) is 1.47. The summed E-state index contributed by atoms with van der Waals surface area (Å²) in [6.07, 6.45) is 1.78. The fraction of sp³-hybridized carbons (Fsp3) is 0. The van der Waals surface area contributed by atoms with E-state index >= 15 is 0 Å². The van der Waals surface area contributed by atoms with E-state index in [0.717, 1.165) is 0 Å². The Balaban J connectivity index is 0.000000640. The summed E-state index contributed by atoms with van der Waals surface area (Å²) in [5, 5.41) is 0. The molecule has 0 aromatic heterocycles. The topological polar surface area (TPSA) is 17.1 Å². The van der Waals surface area contributed by atoms with Crippen molar-refractivity contribution >= 4 is 6.29 Å². The van der Waals surface area contributed by atoms with E-state index in [1.54, 1.807) is 30.6 Å². The first-order valence-electron chi connectivity index (χ1n) is 2.36. The van der Waals surface area contributed by atoms with E-state index in [1.165, 1.54) is 0 Å². The van der Waals surface area contributed by atoms with Crippen molar-refractivity contribution in [2.45, 2.75) is 0 Å². The molecule has 49 valence electrons. The zero-order chi connectivity index (χ0) is 5.82. The average molecular weight is 297 g/mol. The first kappa shape index (κ1) is 8.54. The molecule has 0 fully saturated rings. The van der Waals surface area contributed by atoms with Crippen LogP contribution in [0.3, 0.4) is 0 Å². The number of rotatable bonds is 1. The predicted octanol–water partition coefficient (Wildman–Crippen LogP) is 1.14. The summed E-state index contributed by atoms with van der Waals surface area (Å²) >= 11 is 0. The third kappa shape index (κ3) is 2.54. The van der Waals surface area contributed by atoms with Gasteiger partial charge < -0.3 is 4.79 Å². The molecule has 0 aliphatic carbocycles. The summed E-state index contributed by atoms with van der Waals surface area (Å²) in [6.45, 7) is 0. The van der Waals surface area contributed by atoms with Crippen molar-refractivity contribution in [3.05, 3.63) is 35.9 Å². The summed E-state index contributed by atoms with van der Waals surface area (Å²) in [5.74, 6) is 0. The molecule has 1 radical (unpaired) electrons. The number of carbonyl (C=O) groups excluding carboxylic acids is 1. The quantitative estimate of drug-likeness (QED) is 0.711. The maximum atomic E-state index is 9.88. The van der Waals surface area contributed by atoms with Crippen LogP contribution in [-0.2, 0) is 24.9 Å². The van der Waals surface area contributed by atoms with Crippen LogP contribution in [0, 0.1) is 0 Å². The smallest absolute Gasteiger partial charge is 0.0627 e. The normalized spacial score (nSPS) is 7.56. The van der Waals surface area contributed by atoms with Gasteiger partial charge in [0.15, 0.2) is 0 Å². The first-order valence-corrected chi connectivity index (χ1v) is 2.36. The molecule has 0 N–H and O–H groups in total. The maximum Gasteiger partial charge on any atom is 0.0627 e. The molecule has 0 saturated heterocycles. The SMILES string of the molecule is O=[C-]c1ccccc1.[Ir]. The van der Waals surface area contributed by atoms with Crippen molar-refractivity contribution in [1.82, 2.24) is 0 Å². The van der Waals surface area contributed by atoms with Crippen molar-refractivity contribution in [2.24, 2.45) is 0 Å². The maximum absolute atomic E-state index is 9.88. The van der Waals surface area contributed by atoms with Gasteiger partial charge in [-0.1, -0.05) is 6.07 Å². The van der Waals surface area contributed by atoms with Crippen LogP contribution in [0.4, 0.5) is 0 Å². The Labute approximate surface area is 67.4 Å². The van der Waals surface area contributed by atoms with Crippen LogP contribution in [0.25, 0.3) is 0 Å². The molecule has 1 nitrogen and oxygen atoms in total. The Bertz CT molecular complexity index is 172. The van der Waals surface area contributed by atoms with Crippen LogP contribution in [0.1, 0.15) is 5.56 Å². The first-order chi connectivity index (χ1) is 3.93. The average Bonchev–Trinajstić information content (AvgIpc) is 1.90. The summed E-state index contributed by atoms with van der Waals surface area (Å²) in [4.78, 5) is 9.88. The van der Waals surface area contributed by atoms with Crippen LogP contribution < -0.4 is 0 Å². The molecule has 0 bridgehead atoms. The van der Waals surface area contributed by atoms with Crippen LogP contribution >= 0.6 is 0 Å². The van der Waals surface area contributed by atoms with Crippen LogP contribution in [0.5, 0.6) is 0 Å².